The van der Waals surface area contributed by atoms with Crippen LogP contribution in [0.4, 0.5) is 0 Å². The van der Waals surface area contributed by atoms with Crippen molar-refractivity contribution in [2.45, 2.75) is 6.92 Å². The van der Waals surface area contributed by atoms with Crippen LogP contribution in [0.25, 0.3) is 0 Å². The Kier molecular flexibility index (Phi) is 6.74. The molecule has 0 saturated carbocycles. The van der Waals surface area contributed by atoms with Crippen molar-refractivity contribution in [3.63, 3.8) is 0 Å². The predicted octanol–water partition coefficient (Wildman–Crippen LogP) is 1.92. The van der Waals surface area contributed by atoms with Crippen LogP contribution in [0.15, 0.2) is 10.1 Å². The Balaban J connectivity index is 3.78. The third-order valence-corrected chi connectivity index (χ3v) is 1.26. The van der Waals surface area contributed by atoms with Crippen LogP contribution >= 0.6 is 23.4 Å². The number of thioether (sulfide) groups is 1. The monoisotopic (exact) mass is 180 g/mol. The van der Waals surface area contributed by atoms with Crippen molar-refractivity contribution < 1.29 is 4.84 Å². The van der Waals surface area contributed by atoms with E-state index in [1.165, 1.54) is 11.8 Å². The molecular weight excluding hydrogens is 172 g/mol. The number of nitrogens with zero attached hydrogens (tertiary/aromatic N) is 2. The third kappa shape index (κ3) is 4.64. The van der Waals surface area contributed by atoms with E-state index in [2.05, 4.69) is 10.1 Å². The molecule has 0 heterocycles. The first-order valence-corrected chi connectivity index (χ1v) is 4.38. The van der Waals surface area contributed by atoms with Crippen LogP contribution in [-0.4, -0.2) is 23.7 Å². The average molecular weight is 181 g/mol. The highest BCUT2D eigenvalue weighted by Gasteiger charge is 1.89. The summed E-state index contributed by atoms with van der Waals surface area (Å²) in [4.78, 5) is 8.44. The molecule has 0 spiro atoms. The molecule has 0 amide bonds. The van der Waals surface area contributed by atoms with Crippen LogP contribution in [0.2, 0.25) is 0 Å². The Bertz CT molecular complexity index is 138. The molecule has 0 fully saturated rings. The molecule has 0 aliphatic rings. The lowest BCUT2D eigenvalue weighted by molar-refractivity contribution is 0.159. The SMILES string of the molecule is CCO/N=C(\N=C\Cl)SC. The second-order valence-corrected chi connectivity index (χ2v) is 2.19. The molecule has 0 aliphatic carbocycles. The van der Waals surface area contributed by atoms with Gasteiger partial charge in [-0.3, -0.25) is 0 Å². The van der Waals surface area contributed by atoms with E-state index in [1.807, 2.05) is 13.2 Å². The van der Waals surface area contributed by atoms with Gasteiger partial charge in [-0.15, -0.1) is 0 Å². The summed E-state index contributed by atoms with van der Waals surface area (Å²) < 4.78 is 0. The van der Waals surface area contributed by atoms with Gasteiger partial charge in [0.05, 0.1) is 5.67 Å². The van der Waals surface area contributed by atoms with E-state index < -0.39 is 0 Å². The zero-order chi connectivity index (χ0) is 7.82. The quantitative estimate of drug-likeness (QED) is 0.370. The van der Waals surface area contributed by atoms with Gasteiger partial charge in [0.1, 0.15) is 6.61 Å². The third-order valence-electron chi connectivity index (χ3n) is 0.614. The molecule has 0 aromatic rings. The van der Waals surface area contributed by atoms with Crippen molar-refractivity contribution >= 4 is 34.2 Å². The average Bonchev–Trinajstić information content (AvgIpc) is 1.98. The number of aliphatic imine (C=N–C) groups is 1. The maximum atomic E-state index is 5.21. The summed E-state index contributed by atoms with van der Waals surface area (Å²) >= 11 is 6.59. The molecule has 0 aromatic carbocycles. The molecular formula is C5H9ClN2OS. The van der Waals surface area contributed by atoms with Gasteiger partial charge in [0.15, 0.2) is 0 Å². The second kappa shape index (κ2) is 6.89. The van der Waals surface area contributed by atoms with Crippen molar-refractivity contribution in [2.24, 2.45) is 10.1 Å². The van der Waals surface area contributed by atoms with E-state index in [4.69, 9.17) is 16.4 Å². The Morgan fingerprint density at radius 1 is 1.80 bits per heavy atom. The van der Waals surface area contributed by atoms with Crippen LogP contribution < -0.4 is 0 Å². The highest BCUT2D eigenvalue weighted by atomic mass is 35.5. The smallest absolute Gasteiger partial charge is 0.226 e. The number of amidine groups is 1. The molecule has 10 heavy (non-hydrogen) atoms. The van der Waals surface area contributed by atoms with E-state index in [0.29, 0.717) is 11.8 Å². The molecule has 5 heteroatoms. The number of hydrogen-bond donors (Lipinski definition) is 0. The number of oxime groups is 1. The van der Waals surface area contributed by atoms with Crippen molar-refractivity contribution in [2.75, 3.05) is 12.9 Å². The summed E-state index contributed by atoms with van der Waals surface area (Å²) in [6, 6.07) is 0. The van der Waals surface area contributed by atoms with Crippen LogP contribution in [0.3, 0.4) is 0 Å². The topological polar surface area (TPSA) is 34.0 Å². The first kappa shape index (κ1) is 9.78. The van der Waals surface area contributed by atoms with Crippen molar-refractivity contribution in [1.82, 2.24) is 0 Å². The second-order valence-electron chi connectivity index (χ2n) is 1.22. The van der Waals surface area contributed by atoms with Gasteiger partial charge in [-0.2, -0.15) is 0 Å². The highest BCUT2D eigenvalue weighted by molar-refractivity contribution is 8.13. The van der Waals surface area contributed by atoms with Gasteiger partial charge in [0.2, 0.25) is 5.17 Å². The number of hydrogen-bond acceptors (Lipinski definition) is 3. The minimum absolute atomic E-state index is 0.525. The zero-order valence-corrected chi connectivity index (χ0v) is 7.45. The molecule has 0 aliphatic heterocycles. The molecule has 0 rings (SSSR count). The summed E-state index contributed by atoms with van der Waals surface area (Å²) in [6.07, 6.45) is 1.85. The lowest BCUT2D eigenvalue weighted by Crippen LogP contribution is -1.88. The Morgan fingerprint density at radius 2 is 2.50 bits per heavy atom. The van der Waals surface area contributed by atoms with Gasteiger partial charge in [0.25, 0.3) is 0 Å². The van der Waals surface area contributed by atoms with Gasteiger partial charge < -0.3 is 4.84 Å². The maximum Gasteiger partial charge on any atom is 0.226 e. The number of halogens is 1. The fourth-order valence-electron chi connectivity index (χ4n) is 0.275. The first-order valence-electron chi connectivity index (χ1n) is 2.71. The molecule has 0 atom stereocenters. The number of rotatable bonds is 2. The van der Waals surface area contributed by atoms with Gasteiger partial charge in [-0.25, -0.2) is 4.99 Å². The zero-order valence-electron chi connectivity index (χ0n) is 5.87. The molecule has 0 aromatic heterocycles. The van der Waals surface area contributed by atoms with Crippen LogP contribution in [-0.2, 0) is 4.84 Å². The van der Waals surface area contributed by atoms with Crippen LogP contribution in [0.5, 0.6) is 0 Å². The maximum absolute atomic E-state index is 5.21. The van der Waals surface area contributed by atoms with Gasteiger partial charge in [0, 0.05) is 0 Å². The van der Waals surface area contributed by atoms with Crippen LogP contribution in [0, 0.1) is 0 Å². The van der Waals surface area contributed by atoms with Gasteiger partial charge >= 0.3 is 0 Å². The summed E-state index contributed by atoms with van der Waals surface area (Å²) in [7, 11) is 0. The highest BCUT2D eigenvalue weighted by Crippen LogP contribution is 1.99. The van der Waals surface area contributed by atoms with Gasteiger partial charge in [-0.05, 0) is 13.2 Å². The summed E-state index contributed by atoms with van der Waals surface area (Å²) in [5, 5.41) is 4.17. The minimum atomic E-state index is 0.525. The molecule has 0 unspecified atom stereocenters. The predicted molar refractivity (Wildman–Crippen MR) is 46.9 cm³/mol. The standard InChI is InChI=1S/C5H9ClN2OS/c1-3-9-8-5(10-2)7-4-6/h4H,3H2,1-2H3/b7-4+,8-5+. The lowest BCUT2D eigenvalue weighted by Gasteiger charge is -1.93. The normalized spacial score (nSPS) is 12.5. The van der Waals surface area contributed by atoms with Crippen molar-refractivity contribution in [3.05, 3.63) is 0 Å². The van der Waals surface area contributed by atoms with E-state index in [0.717, 1.165) is 5.67 Å². The Labute approximate surface area is 69.5 Å². The van der Waals surface area contributed by atoms with Crippen molar-refractivity contribution in [1.29, 1.82) is 0 Å². The molecule has 0 saturated heterocycles. The Hall–Kier alpha value is -0.220. The summed E-state index contributed by atoms with van der Waals surface area (Å²) in [5.74, 6) is 0. The minimum Gasteiger partial charge on any atom is -0.394 e. The first-order chi connectivity index (χ1) is 4.85. The van der Waals surface area contributed by atoms with E-state index in [9.17, 15) is 0 Å². The largest absolute Gasteiger partial charge is 0.394 e. The molecule has 3 nitrogen and oxygen atoms in total. The van der Waals surface area contributed by atoms with Crippen molar-refractivity contribution in [3.8, 4) is 0 Å². The van der Waals surface area contributed by atoms with Crippen LogP contribution in [0.1, 0.15) is 6.92 Å². The fourth-order valence-corrected chi connectivity index (χ4v) is 0.711. The summed E-state index contributed by atoms with van der Waals surface area (Å²) in [5.41, 5.74) is 1.16. The van der Waals surface area contributed by atoms with Gasteiger partial charge in [-0.1, -0.05) is 28.5 Å². The molecule has 0 bridgehead atoms. The van der Waals surface area contributed by atoms with E-state index in [-0.39, 0.29) is 0 Å². The molecule has 0 radical (unpaired) electrons. The van der Waals surface area contributed by atoms with E-state index in [1.54, 1.807) is 0 Å². The Morgan fingerprint density at radius 3 is 2.90 bits per heavy atom. The molecule has 58 valence electrons. The van der Waals surface area contributed by atoms with E-state index >= 15 is 0 Å². The fraction of sp³-hybridized carbons (Fsp3) is 0.600. The summed E-state index contributed by atoms with van der Waals surface area (Å²) in [6.45, 7) is 2.40. The molecule has 0 N–H and O–H groups in total. The lowest BCUT2D eigenvalue weighted by atomic mass is 10.9.